The smallest absolute Gasteiger partial charge is 0.339 e. The molecule has 2 aromatic heterocycles. The van der Waals surface area contributed by atoms with E-state index < -0.39 is 5.97 Å². The lowest BCUT2D eigenvalue weighted by Crippen LogP contribution is -2.15. The average molecular weight is 397 g/mol. The van der Waals surface area contributed by atoms with Crippen molar-refractivity contribution in [3.8, 4) is 11.4 Å². The second-order valence-electron chi connectivity index (χ2n) is 6.64. The van der Waals surface area contributed by atoms with Gasteiger partial charge in [0.25, 0.3) is 0 Å². The number of ketones is 1. The van der Waals surface area contributed by atoms with Gasteiger partial charge in [0, 0.05) is 32.4 Å². The van der Waals surface area contributed by atoms with Gasteiger partial charge in [-0.05, 0) is 64.1 Å². The molecule has 0 bridgehead atoms. The lowest BCUT2D eigenvalue weighted by atomic mass is 10.1. The highest BCUT2D eigenvalue weighted by Gasteiger charge is 2.20. The molecule has 0 aliphatic heterocycles. The molecule has 0 aliphatic rings. The number of hydrogen-bond acceptors (Lipinski definition) is 5. The number of aryl methyl sites for hydroxylation is 3. The van der Waals surface area contributed by atoms with E-state index in [2.05, 4.69) is 0 Å². The first kappa shape index (κ1) is 19.9. The maximum atomic E-state index is 12.7. The Labute approximate surface area is 168 Å². The van der Waals surface area contributed by atoms with E-state index in [-0.39, 0.29) is 12.4 Å². The van der Waals surface area contributed by atoms with Gasteiger partial charge < -0.3 is 14.0 Å². The summed E-state index contributed by atoms with van der Waals surface area (Å²) in [4.78, 5) is 26.9. The van der Waals surface area contributed by atoms with Crippen LogP contribution in [0.4, 0.5) is 0 Å². The van der Waals surface area contributed by atoms with Crippen molar-refractivity contribution in [1.29, 1.82) is 0 Å². The highest BCUT2D eigenvalue weighted by molar-refractivity contribution is 7.12. The minimum atomic E-state index is -0.459. The van der Waals surface area contributed by atoms with E-state index in [4.69, 9.17) is 9.47 Å². The van der Waals surface area contributed by atoms with Crippen LogP contribution < -0.4 is 4.74 Å². The fourth-order valence-electron chi connectivity index (χ4n) is 3.29. The summed E-state index contributed by atoms with van der Waals surface area (Å²) in [5.74, 6) is 0.0957. The molecule has 146 valence electrons. The Kier molecular flexibility index (Phi) is 5.70. The summed E-state index contributed by atoms with van der Waals surface area (Å²) in [6, 6.07) is 11.3. The first-order valence-corrected chi connectivity index (χ1v) is 9.74. The normalized spacial score (nSPS) is 10.8. The van der Waals surface area contributed by atoms with Gasteiger partial charge in [-0.1, -0.05) is 0 Å². The SMILES string of the molecule is COc1ccc(-n2c(C)cc(C(=O)COC(=O)c3cc(C)sc3C)c2C)cc1. The van der Waals surface area contributed by atoms with E-state index in [1.54, 1.807) is 13.2 Å². The minimum absolute atomic E-state index is 0.217. The van der Waals surface area contributed by atoms with Gasteiger partial charge in [-0.2, -0.15) is 0 Å². The topological polar surface area (TPSA) is 57.5 Å². The van der Waals surface area contributed by atoms with Crippen LogP contribution in [-0.2, 0) is 4.74 Å². The predicted octanol–water partition coefficient (Wildman–Crippen LogP) is 4.82. The number of aromatic nitrogens is 1. The standard InChI is InChI=1S/C22H23NO4S/c1-13-10-19(15(3)23(13)17-6-8-18(26-5)9-7-17)21(24)12-27-22(25)20-11-14(2)28-16(20)4/h6-11H,12H2,1-5H3. The Balaban J connectivity index is 1.77. The van der Waals surface area contributed by atoms with E-state index in [1.165, 1.54) is 11.3 Å². The molecule has 5 nitrogen and oxygen atoms in total. The predicted molar refractivity (Wildman–Crippen MR) is 110 cm³/mol. The van der Waals surface area contributed by atoms with Crippen LogP contribution in [-0.4, -0.2) is 30.0 Å². The van der Waals surface area contributed by atoms with Gasteiger partial charge in [0.1, 0.15) is 5.75 Å². The van der Waals surface area contributed by atoms with Crippen LogP contribution in [0.3, 0.4) is 0 Å². The third-order valence-corrected chi connectivity index (χ3v) is 5.62. The number of esters is 1. The number of nitrogens with zero attached hydrogens (tertiary/aromatic N) is 1. The zero-order chi connectivity index (χ0) is 20.4. The van der Waals surface area contributed by atoms with Gasteiger partial charge in [0.05, 0.1) is 12.7 Å². The zero-order valence-electron chi connectivity index (χ0n) is 16.7. The number of hydrogen-bond donors (Lipinski definition) is 0. The second kappa shape index (κ2) is 8.02. The molecule has 0 radical (unpaired) electrons. The molecule has 6 heteroatoms. The molecule has 0 unspecified atom stereocenters. The second-order valence-corrected chi connectivity index (χ2v) is 8.10. The van der Waals surface area contributed by atoms with Gasteiger partial charge in [-0.3, -0.25) is 4.79 Å². The van der Waals surface area contributed by atoms with Crippen molar-refractivity contribution >= 4 is 23.1 Å². The maximum Gasteiger partial charge on any atom is 0.339 e. The van der Waals surface area contributed by atoms with Gasteiger partial charge in [-0.15, -0.1) is 11.3 Å². The molecule has 2 heterocycles. The van der Waals surface area contributed by atoms with Crippen LogP contribution in [0, 0.1) is 27.7 Å². The summed E-state index contributed by atoms with van der Waals surface area (Å²) in [5.41, 5.74) is 3.77. The summed E-state index contributed by atoms with van der Waals surface area (Å²) < 4.78 is 12.5. The molecule has 0 saturated heterocycles. The lowest BCUT2D eigenvalue weighted by molar-refractivity contribution is 0.0474. The highest BCUT2D eigenvalue weighted by Crippen LogP contribution is 2.24. The first-order valence-electron chi connectivity index (χ1n) is 8.92. The van der Waals surface area contributed by atoms with E-state index >= 15 is 0 Å². The summed E-state index contributed by atoms with van der Waals surface area (Å²) in [5, 5.41) is 0. The van der Waals surface area contributed by atoms with Crippen molar-refractivity contribution in [3.05, 3.63) is 68.7 Å². The molecule has 0 atom stereocenters. The molecule has 0 aliphatic carbocycles. The fraction of sp³-hybridized carbons (Fsp3) is 0.273. The molecule has 0 N–H and O–H groups in total. The molecule has 28 heavy (non-hydrogen) atoms. The number of benzene rings is 1. The molecule has 3 aromatic rings. The number of rotatable bonds is 6. The number of carbonyl (C=O) groups is 2. The van der Waals surface area contributed by atoms with Crippen LogP contribution in [0.5, 0.6) is 5.75 Å². The van der Waals surface area contributed by atoms with Crippen molar-refractivity contribution in [2.24, 2.45) is 0 Å². The molecule has 0 fully saturated rings. The molecule has 0 saturated carbocycles. The number of thiophene rings is 1. The first-order chi connectivity index (χ1) is 13.3. The Morgan fingerprint density at radius 3 is 2.25 bits per heavy atom. The van der Waals surface area contributed by atoms with Crippen LogP contribution in [0.15, 0.2) is 36.4 Å². The van der Waals surface area contributed by atoms with E-state index in [0.717, 1.165) is 32.6 Å². The van der Waals surface area contributed by atoms with Crippen LogP contribution in [0.25, 0.3) is 5.69 Å². The molecular weight excluding hydrogens is 374 g/mol. The van der Waals surface area contributed by atoms with Crippen molar-refractivity contribution in [2.45, 2.75) is 27.7 Å². The molecule has 3 rings (SSSR count). The van der Waals surface area contributed by atoms with E-state index in [0.29, 0.717) is 11.1 Å². The monoisotopic (exact) mass is 397 g/mol. The Hall–Kier alpha value is -2.86. The quantitative estimate of drug-likeness (QED) is 0.442. The molecular formula is C22H23NO4S. The van der Waals surface area contributed by atoms with Crippen molar-refractivity contribution in [3.63, 3.8) is 0 Å². The van der Waals surface area contributed by atoms with Crippen molar-refractivity contribution < 1.29 is 19.1 Å². The summed E-state index contributed by atoms with van der Waals surface area (Å²) in [7, 11) is 1.62. The summed E-state index contributed by atoms with van der Waals surface area (Å²) >= 11 is 1.54. The summed E-state index contributed by atoms with van der Waals surface area (Å²) in [6.07, 6.45) is 0. The Morgan fingerprint density at radius 2 is 1.68 bits per heavy atom. The lowest BCUT2D eigenvalue weighted by Gasteiger charge is -2.11. The zero-order valence-corrected chi connectivity index (χ0v) is 17.5. The van der Waals surface area contributed by atoms with Crippen LogP contribution in [0.2, 0.25) is 0 Å². The van der Waals surface area contributed by atoms with Gasteiger partial charge in [0.15, 0.2) is 6.61 Å². The van der Waals surface area contributed by atoms with Gasteiger partial charge in [0.2, 0.25) is 5.78 Å². The third-order valence-electron chi connectivity index (χ3n) is 4.66. The number of ether oxygens (including phenoxy) is 2. The largest absolute Gasteiger partial charge is 0.497 e. The Bertz CT molecular complexity index is 1030. The van der Waals surface area contributed by atoms with E-state index in [1.807, 2.05) is 62.6 Å². The minimum Gasteiger partial charge on any atom is -0.497 e. The number of methoxy groups -OCH3 is 1. The summed E-state index contributed by atoms with van der Waals surface area (Å²) in [6.45, 7) is 7.36. The Morgan fingerprint density at radius 1 is 1.00 bits per heavy atom. The van der Waals surface area contributed by atoms with Crippen LogP contribution in [0.1, 0.15) is 41.9 Å². The van der Waals surface area contributed by atoms with Crippen molar-refractivity contribution in [1.82, 2.24) is 4.57 Å². The average Bonchev–Trinajstić information content (AvgIpc) is 3.17. The molecule has 1 aromatic carbocycles. The van der Waals surface area contributed by atoms with E-state index in [9.17, 15) is 9.59 Å². The third kappa shape index (κ3) is 3.87. The number of carbonyl (C=O) groups excluding carboxylic acids is 2. The maximum absolute atomic E-state index is 12.7. The number of Topliss-reactive ketones (excluding diaryl/α,β-unsaturated/α-hetero) is 1. The molecule has 0 spiro atoms. The van der Waals surface area contributed by atoms with Gasteiger partial charge >= 0.3 is 5.97 Å². The molecule has 0 amide bonds. The highest BCUT2D eigenvalue weighted by atomic mass is 32.1. The van der Waals surface area contributed by atoms with Crippen molar-refractivity contribution in [2.75, 3.05) is 13.7 Å². The fourth-order valence-corrected chi connectivity index (χ4v) is 4.21. The van der Waals surface area contributed by atoms with Crippen LogP contribution >= 0.6 is 11.3 Å². The van der Waals surface area contributed by atoms with Gasteiger partial charge in [-0.25, -0.2) is 4.79 Å².